The summed E-state index contributed by atoms with van der Waals surface area (Å²) in [6.07, 6.45) is 0. The normalized spacial score (nSPS) is 16.6. The molecule has 0 radical (unpaired) electrons. The van der Waals surface area contributed by atoms with Gasteiger partial charge in [-0.2, -0.15) is 0 Å². The number of nitrogens with one attached hydrogen (secondary N) is 1. The minimum absolute atomic E-state index is 0.0706. The minimum atomic E-state index is -0.0706. The molecule has 0 atom stereocenters. The van der Waals surface area contributed by atoms with Crippen LogP contribution in [0, 0.1) is 0 Å². The number of benzene rings is 2. The number of hydrogen-bond acceptors (Lipinski definition) is 5. The molecule has 0 unspecified atom stereocenters. The minimum Gasteiger partial charge on any atom is -0.379 e. The maximum atomic E-state index is 12.6. The van der Waals surface area contributed by atoms with Crippen LogP contribution in [0.25, 0.3) is 0 Å². The van der Waals surface area contributed by atoms with Gasteiger partial charge in [0, 0.05) is 57.8 Å². The van der Waals surface area contributed by atoms with Crippen molar-refractivity contribution in [2.24, 2.45) is 4.99 Å². The molecule has 2 aliphatic rings. The van der Waals surface area contributed by atoms with Crippen LogP contribution in [0.3, 0.4) is 0 Å². The first-order valence-electron chi connectivity index (χ1n) is 9.35. The van der Waals surface area contributed by atoms with Crippen molar-refractivity contribution in [2.75, 3.05) is 39.4 Å². The second-order valence-electron chi connectivity index (χ2n) is 6.83. The molecule has 1 amide bonds. The number of nitrogens with zero attached hydrogens (tertiary/aromatic N) is 2. The number of ether oxygens (including phenoxy) is 1. The van der Waals surface area contributed by atoms with E-state index in [0.717, 1.165) is 59.6 Å². The van der Waals surface area contributed by atoms with Gasteiger partial charge in [-0.1, -0.05) is 23.4 Å². The molecule has 1 fully saturated rings. The van der Waals surface area contributed by atoms with E-state index in [4.69, 9.17) is 21.3 Å². The number of carbonyl (C=O) groups excluding carboxylic acids is 1. The highest BCUT2D eigenvalue weighted by Gasteiger charge is 2.17. The Morgan fingerprint density at radius 2 is 2.00 bits per heavy atom. The summed E-state index contributed by atoms with van der Waals surface area (Å²) in [5, 5.41) is 3.70. The van der Waals surface area contributed by atoms with Crippen LogP contribution in [0.5, 0.6) is 0 Å². The van der Waals surface area contributed by atoms with Gasteiger partial charge in [-0.15, -0.1) is 0 Å². The zero-order chi connectivity index (χ0) is 19.5. The lowest BCUT2D eigenvalue weighted by atomic mass is 10.1. The smallest absolute Gasteiger partial charge is 0.251 e. The molecule has 1 saturated heterocycles. The second-order valence-corrected chi connectivity index (χ2v) is 8.35. The number of amides is 1. The molecule has 2 heterocycles. The monoisotopic (exact) mass is 415 g/mol. The highest BCUT2D eigenvalue weighted by molar-refractivity contribution is 7.99. The Bertz CT molecular complexity index is 926. The first-order chi connectivity index (χ1) is 13.6. The van der Waals surface area contributed by atoms with E-state index in [1.165, 1.54) is 0 Å². The van der Waals surface area contributed by atoms with E-state index in [1.54, 1.807) is 11.8 Å². The zero-order valence-electron chi connectivity index (χ0n) is 15.7. The number of fused-ring (bicyclic) bond motifs is 2. The Hall–Kier alpha value is -1.86. The Morgan fingerprint density at radius 1 is 1.21 bits per heavy atom. The largest absolute Gasteiger partial charge is 0.379 e. The maximum absolute atomic E-state index is 12.6. The van der Waals surface area contributed by atoms with Crippen molar-refractivity contribution in [1.82, 2.24) is 10.2 Å². The van der Waals surface area contributed by atoms with Gasteiger partial charge in [0.2, 0.25) is 0 Å². The molecule has 7 heteroatoms. The van der Waals surface area contributed by atoms with Gasteiger partial charge in [0.25, 0.3) is 5.91 Å². The van der Waals surface area contributed by atoms with Crippen LogP contribution in [-0.2, 0) is 4.74 Å². The molecule has 2 aromatic rings. The summed E-state index contributed by atoms with van der Waals surface area (Å²) in [6.45, 7) is 6.80. The van der Waals surface area contributed by atoms with E-state index >= 15 is 0 Å². The van der Waals surface area contributed by atoms with Crippen LogP contribution >= 0.6 is 23.4 Å². The molecule has 2 aromatic carbocycles. The summed E-state index contributed by atoms with van der Waals surface area (Å²) >= 11 is 7.80. The van der Waals surface area contributed by atoms with Crippen LogP contribution < -0.4 is 5.32 Å². The Balaban J connectivity index is 1.47. The van der Waals surface area contributed by atoms with Crippen molar-refractivity contribution in [1.29, 1.82) is 0 Å². The van der Waals surface area contributed by atoms with E-state index in [9.17, 15) is 4.79 Å². The number of aliphatic imine (C=N–C) groups is 1. The van der Waals surface area contributed by atoms with Gasteiger partial charge in [0.1, 0.15) is 0 Å². The van der Waals surface area contributed by atoms with Gasteiger partial charge in [-0.3, -0.25) is 14.7 Å². The van der Waals surface area contributed by atoms with Crippen LogP contribution in [-0.4, -0.2) is 55.9 Å². The molecule has 0 saturated carbocycles. The molecule has 0 bridgehead atoms. The summed E-state index contributed by atoms with van der Waals surface area (Å²) < 4.78 is 5.35. The summed E-state index contributed by atoms with van der Waals surface area (Å²) in [5.41, 5.74) is 3.37. The topological polar surface area (TPSA) is 53.9 Å². The predicted molar refractivity (Wildman–Crippen MR) is 113 cm³/mol. The average Bonchev–Trinajstić information content (AvgIpc) is 2.84. The van der Waals surface area contributed by atoms with E-state index in [0.29, 0.717) is 17.1 Å². The summed E-state index contributed by atoms with van der Waals surface area (Å²) in [6, 6.07) is 11.5. The summed E-state index contributed by atoms with van der Waals surface area (Å²) in [5.74, 6) is -0.0706. The fourth-order valence-corrected chi connectivity index (χ4v) is 4.53. The van der Waals surface area contributed by atoms with Gasteiger partial charge in [0.05, 0.1) is 18.9 Å². The van der Waals surface area contributed by atoms with Crippen LogP contribution in [0.2, 0.25) is 5.02 Å². The van der Waals surface area contributed by atoms with Crippen molar-refractivity contribution in [3.05, 3.63) is 52.5 Å². The second kappa shape index (κ2) is 8.66. The molecule has 5 nitrogen and oxygen atoms in total. The molecule has 0 aromatic heterocycles. The fourth-order valence-electron chi connectivity index (χ4n) is 3.32. The van der Waals surface area contributed by atoms with E-state index in [1.807, 2.05) is 43.3 Å². The Labute approximate surface area is 174 Å². The molecule has 0 spiro atoms. The van der Waals surface area contributed by atoms with E-state index < -0.39 is 0 Å². The van der Waals surface area contributed by atoms with Gasteiger partial charge >= 0.3 is 0 Å². The molecule has 28 heavy (non-hydrogen) atoms. The first-order valence-corrected chi connectivity index (χ1v) is 10.5. The quantitative estimate of drug-likeness (QED) is 0.819. The number of carbonyl (C=O) groups is 1. The summed E-state index contributed by atoms with van der Waals surface area (Å²) in [4.78, 5) is 21.8. The number of hydrogen-bond donors (Lipinski definition) is 1. The number of rotatable bonds is 4. The Morgan fingerprint density at radius 3 is 2.82 bits per heavy atom. The van der Waals surface area contributed by atoms with Gasteiger partial charge in [-0.25, -0.2) is 0 Å². The van der Waals surface area contributed by atoms with Crippen LogP contribution in [0.15, 0.2) is 51.2 Å². The molecular weight excluding hydrogens is 394 g/mol. The highest BCUT2D eigenvalue weighted by atomic mass is 35.5. The third-order valence-corrected chi connectivity index (χ3v) is 6.25. The Kier molecular flexibility index (Phi) is 6.01. The molecule has 1 N–H and O–H groups in total. The lowest BCUT2D eigenvalue weighted by molar-refractivity contribution is 0.0383. The van der Waals surface area contributed by atoms with Gasteiger partial charge in [0.15, 0.2) is 0 Å². The highest BCUT2D eigenvalue weighted by Crippen LogP contribution is 2.41. The van der Waals surface area contributed by atoms with Crippen molar-refractivity contribution < 1.29 is 9.53 Å². The molecule has 4 rings (SSSR count). The summed E-state index contributed by atoms with van der Waals surface area (Å²) in [7, 11) is 0. The van der Waals surface area contributed by atoms with Crippen molar-refractivity contribution in [2.45, 2.75) is 16.7 Å². The number of morpholine rings is 1. The number of halogens is 1. The lowest BCUT2D eigenvalue weighted by Crippen LogP contribution is -2.41. The standard InChI is InChI=1S/C21H22ClN3O2S/c1-14-17-13-16(22)3-5-19(17)28-20-4-2-15(12-18(20)24-14)21(26)23-6-7-25-8-10-27-11-9-25/h2-5,12-13H,6-11H2,1H3,(H,23,26). The van der Waals surface area contributed by atoms with Crippen molar-refractivity contribution in [3.8, 4) is 0 Å². The van der Waals surface area contributed by atoms with Crippen LogP contribution in [0.4, 0.5) is 5.69 Å². The third kappa shape index (κ3) is 4.41. The average molecular weight is 416 g/mol. The zero-order valence-corrected chi connectivity index (χ0v) is 17.3. The molecular formula is C21H22ClN3O2S. The van der Waals surface area contributed by atoms with Crippen LogP contribution in [0.1, 0.15) is 22.8 Å². The van der Waals surface area contributed by atoms with Gasteiger partial charge < -0.3 is 10.1 Å². The SMILES string of the molecule is CC1=Nc2cc(C(=O)NCCN3CCOCC3)ccc2Sc2ccc(Cl)cc21. The third-order valence-electron chi connectivity index (χ3n) is 4.88. The molecule has 2 aliphatic heterocycles. The maximum Gasteiger partial charge on any atom is 0.251 e. The molecule has 146 valence electrons. The fraction of sp³-hybridized carbons (Fsp3) is 0.333. The van der Waals surface area contributed by atoms with E-state index in [2.05, 4.69) is 10.2 Å². The molecule has 0 aliphatic carbocycles. The first kappa shape index (κ1) is 19.5. The van der Waals surface area contributed by atoms with Gasteiger partial charge in [-0.05, 0) is 43.3 Å². The van der Waals surface area contributed by atoms with Crippen molar-refractivity contribution >= 4 is 40.7 Å². The van der Waals surface area contributed by atoms with E-state index in [-0.39, 0.29) is 5.91 Å². The predicted octanol–water partition coefficient (Wildman–Crippen LogP) is 4.01. The lowest BCUT2D eigenvalue weighted by Gasteiger charge is -2.26. The van der Waals surface area contributed by atoms with Crippen molar-refractivity contribution in [3.63, 3.8) is 0 Å².